The van der Waals surface area contributed by atoms with Gasteiger partial charge in [-0.3, -0.25) is 0 Å². The van der Waals surface area contributed by atoms with Crippen LogP contribution in [0.4, 0.5) is 0 Å². The summed E-state index contributed by atoms with van der Waals surface area (Å²) in [5.41, 5.74) is 0. The first-order chi connectivity index (χ1) is 12.8. The van der Waals surface area contributed by atoms with E-state index in [0.29, 0.717) is 19.8 Å². The van der Waals surface area contributed by atoms with Gasteiger partial charge in [0.05, 0.1) is 19.8 Å². The van der Waals surface area contributed by atoms with Crippen LogP contribution in [0.3, 0.4) is 0 Å². The molecule has 0 amide bonds. The van der Waals surface area contributed by atoms with Crippen molar-refractivity contribution >= 4 is 24.8 Å². The molecule has 1 radical (unpaired) electrons. The molecule has 28 heavy (non-hydrogen) atoms. The number of hydrogen-bond acceptors (Lipinski definition) is 9. The quantitative estimate of drug-likeness (QED) is 0.205. The van der Waals surface area contributed by atoms with Crippen LogP contribution in [0.2, 0.25) is 0 Å². The molecule has 0 fully saturated rings. The predicted molar refractivity (Wildman–Crippen MR) is 103 cm³/mol. The maximum Gasteiger partial charge on any atom is 3.00 e. The summed E-state index contributed by atoms with van der Waals surface area (Å²) in [4.78, 5) is 29.4. The molecule has 0 N–H and O–H groups in total. The van der Waals surface area contributed by atoms with Gasteiger partial charge in [-0.2, -0.15) is 0 Å². The first-order valence-corrected chi connectivity index (χ1v) is 13.0. The summed E-state index contributed by atoms with van der Waals surface area (Å²) in [6.07, 6.45) is 8.90. The van der Waals surface area contributed by atoms with E-state index in [9.17, 15) is 28.4 Å². The van der Waals surface area contributed by atoms with Crippen molar-refractivity contribution in [3.05, 3.63) is 0 Å². The molecule has 0 heterocycles. The molecule has 0 rings (SSSR count). The molecule has 3 atom stereocenters. The third-order valence-corrected chi connectivity index (χ3v) is 4.22. The van der Waals surface area contributed by atoms with Crippen LogP contribution in [0.1, 0.15) is 78.6 Å². The summed E-state index contributed by atoms with van der Waals surface area (Å²) < 4.78 is 42.4. The Labute approximate surface area is 204 Å². The molecule has 0 aromatic carbocycles. The third-order valence-electron chi connectivity index (χ3n) is 2.90. The molecule has 3 unspecified atom stereocenters. The Morgan fingerprint density at radius 3 is 0.893 bits per heavy atom. The molecule has 0 aliphatic carbocycles. The maximum atomic E-state index is 9.81. The molecule has 0 aromatic rings. The Morgan fingerprint density at radius 2 is 0.750 bits per heavy atom. The smallest absolute Gasteiger partial charge is 0.781 e. The Hall–Kier alpha value is 1.80. The largest absolute Gasteiger partial charge is 3.00 e. The van der Waals surface area contributed by atoms with E-state index in [1.807, 2.05) is 0 Å². The zero-order valence-electron chi connectivity index (χ0n) is 17.2. The van der Waals surface area contributed by atoms with Crippen LogP contribution in [0.5, 0.6) is 0 Å². The second-order valence-corrected chi connectivity index (χ2v) is 7.78. The normalized spacial score (nSPS) is 13.1. The molecule has 0 aliphatic rings. The SMILES string of the molecule is CCCCCO[PH](=O)[O-].CCCCCO[PH](=O)[O-].CCCCCO[PH](=O)[O-].[Nd+3]. The Balaban J connectivity index is -0.000000152. The molecular weight excluding hydrogens is 561 g/mol. The third kappa shape index (κ3) is 50.9. The van der Waals surface area contributed by atoms with Gasteiger partial charge in [0, 0.05) is 0 Å². The molecule has 9 nitrogen and oxygen atoms in total. The van der Waals surface area contributed by atoms with Crippen molar-refractivity contribution in [1.82, 2.24) is 0 Å². The van der Waals surface area contributed by atoms with Crippen molar-refractivity contribution in [3.63, 3.8) is 0 Å². The van der Waals surface area contributed by atoms with Gasteiger partial charge < -0.3 is 41.9 Å². The molecule has 0 saturated heterocycles. The second kappa shape index (κ2) is 33.4. The van der Waals surface area contributed by atoms with Gasteiger partial charge in [-0.05, 0) is 19.3 Å². The van der Waals surface area contributed by atoms with E-state index < -0.39 is 24.8 Å². The average Bonchev–Trinajstić information content (AvgIpc) is 2.60. The number of unbranched alkanes of at least 4 members (excludes halogenated alkanes) is 6. The standard InChI is InChI=1S/3C5H13O3P.Nd/c3*1-2-3-4-5-8-9(6)7;/h3*9H,2-5H2,1H3,(H,6,7);/q;;;+3/p-3. The summed E-state index contributed by atoms with van der Waals surface area (Å²) in [5.74, 6) is 0. The van der Waals surface area contributed by atoms with E-state index in [1.54, 1.807) is 0 Å². The minimum absolute atomic E-state index is 0. The van der Waals surface area contributed by atoms with Crippen LogP contribution < -0.4 is 14.7 Å². The molecule has 13 heteroatoms. The zero-order valence-corrected chi connectivity index (χ0v) is 23.4. The van der Waals surface area contributed by atoms with E-state index in [-0.39, 0.29) is 40.8 Å². The van der Waals surface area contributed by atoms with E-state index >= 15 is 0 Å². The van der Waals surface area contributed by atoms with Crippen molar-refractivity contribution < 1.29 is 82.8 Å². The zero-order chi connectivity index (χ0) is 21.3. The van der Waals surface area contributed by atoms with E-state index in [1.165, 1.54) is 0 Å². The van der Waals surface area contributed by atoms with Gasteiger partial charge >= 0.3 is 40.8 Å². The molecule has 0 spiro atoms. The summed E-state index contributed by atoms with van der Waals surface area (Å²) >= 11 is 0. The number of rotatable bonds is 15. The van der Waals surface area contributed by atoms with Crippen LogP contribution in [-0.4, -0.2) is 19.8 Å². The van der Waals surface area contributed by atoms with E-state index in [2.05, 4.69) is 34.3 Å². The summed E-state index contributed by atoms with van der Waals surface area (Å²) in [6.45, 7) is 7.24. The molecular formula is C15H36NdO9P3. The van der Waals surface area contributed by atoms with Crippen LogP contribution in [0.15, 0.2) is 0 Å². The minimum Gasteiger partial charge on any atom is -0.781 e. The maximum absolute atomic E-state index is 9.81. The van der Waals surface area contributed by atoms with Crippen molar-refractivity contribution in [3.8, 4) is 0 Å². The van der Waals surface area contributed by atoms with Gasteiger partial charge in [-0.15, -0.1) is 0 Å². The molecule has 0 saturated carbocycles. The van der Waals surface area contributed by atoms with Crippen LogP contribution >= 0.6 is 24.8 Å². The monoisotopic (exact) mass is 595 g/mol. The molecule has 0 bridgehead atoms. The van der Waals surface area contributed by atoms with Gasteiger partial charge in [-0.25, -0.2) is 0 Å². The van der Waals surface area contributed by atoms with Crippen LogP contribution in [0, 0.1) is 40.8 Å². The van der Waals surface area contributed by atoms with Crippen molar-refractivity contribution in [2.45, 2.75) is 78.6 Å². The minimum atomic E-state index is -2.92. The fraction of sp³-hybridized carbons (Fsp3) is 1.00. The topological polar surface area (TPSA) is 148 Å². The first kappa shape index (κ1) is 37.1. The summed E-state index contributed by atoms with van der Waals surface area (Å²) in [5, 5.41) is 0. The predicted octanol–water partition coefficient (Wildman–Crippen LogP) is 2.83. The van der Waals surface area contributed by atoms with Crippen molar-refractivity contribution in [1.29, 1.82) is 0 Å². The van der Waals surface area contributed by atoms with Crippen LogP contribution in [0.25, 0.3) is 0 Å². The van der Waals surface area contributed by atoms with E-state index in [4.69, 9.17) is 0 Å². The van der Waals surface area contributed by atoms with Crippen molar-refractivity contribution in [2.75, 3.05) is 19.8 Å². The Morgan fingerprint density at radius 1 is 0.536 bits per heavy atom. The summed E-state index contributed by atoms with van der Waals surface area (Å²) in [6, 6.07) is 0. The second-order valence-electron chi connectivity index (χ2n) is 5.42. The fourth-order valence-corrected chi connectivity index (χ4v) is 2.46. The molecule has 169 valence electrons. The average molecular weight is 598 g/mol. The van der Waals surface area contributed by atoms with Gasteiger partial charge in [0.25, 0.3) is 0 Å². The first-order valence-electron chi connectivity index (χ1n) is 9.32. The van der Waals surface area contributed by atoms with Gasteiger partial charge in [-0.1, -0.05) is 59.3 Å². The van der Waals surface area contributed by atoms with Gasteiger partial charge in [0.2, 0.25) is 0 Å². The molecule has 0 aliphatic heterocycles. The summed E-state index contributed by atoms with van der Waals surface area (Å²) in [7, 11) is -8.75. The van der Waals surface area contributed by atoms with Gasteiger partial charge in [0.15, 0.2) is 0 Å². The number of hydrogen-bond donors (Lipinski definition) is 0. The van der Waals surface area contributed by atoms with Gasteiger partial charge in [0.1, 0.15) is 24.8 Å². The molecule has 0 aromatic heterocycles. The fourth-order valence-electron chi connectivity index (χ4n) is 1.52. The van der Waals surface area contributed by atoms with E-state index in [0.717, 1.165) is 57.8 Å². The Bertz CT molecular complexity index is 311. The van der Waals surface area contributed by atoms with Crippen molar-refractivity contribution in [2.24, 2.45) is 0 Å². The van der Waals surface area contributed by atoms with Crippen LogP contribution in [-0.2, 0) is 27.3 Å². The Kier molecular flexibility index (Phi) is 44.3.